The molecule has 2 atom stereocenters. The maximum absolute atomic E-state index is 12.2. The monoisotopic (exact) mass is 394 g/mol. The third-order valence-electron chi connectivity index (χ3n) is 4.75. The standard InChI is InChI=1S/C18H22N2O6S/c1-12-2-4-15(5-3-12)20-9-13(8-17(20)22)18(23)26-10-16(21)19-14-6-7-27(24,25)11-14/h2-5,13-14H,6-11H2,1H3,(H,19,21)/t13-,14-/m0/s1. The van der Waals surface area contributed by atoms with Crippen molar-refractivity contribution < 1.29 is 27.5 Å². The van der Waals surface area contributed by atoms with E-state index in [0.717, 1.165) is 11.3 Å². The lowest BCUT2D eigenvalue weighted by atomic mass is 10.1. The fourth-order valence-corrected chi connectivity index (χ4v) is 4.95. The second-order valence-electron chi connectivity index (χ2n) is 7.02. The van der Waals surface area contributed by atoms with Gasteiger partial charge in [-0.05, 0) is 25.5 Å². The van der Waals surface area contributed by atoms with Crippen LogP contribution in [0.2, 0.25) is 0 Å². The highest BCUT2D eigenvalue weighted by Gasteiger charge is 2.36. The van der Waals surface area contributed by atoms with Gasteiger partial charge in [0.15, 0.2) is 16.4 Å². The Morgan fingerprint density at radius 3 is 2.59 bits per heavy atom. The minimum Gasteiger partial charge on any atom is -0.455 e. The van der Waals surface area contributed by atoms with Crippen molar-refractivity contribution in [2.45, 2.75) is 25.8 Å². The van der Waals surface area contributed by atoms with E-state index in [1.165, 1.54) is 4.90 Å². The fraction of sp³-hybridized carbons (Fsp3) is 0.500. The number of amides is 2. The Morgan fingerprint density at radius 2 is 1.96 bits per heavy atom. The van der Waals surface area contributed by atoms with Crippen molar-refractivity contribution in [1.82, 2.24) is 5.32 Å². The molecular weight excluding hydrogens is 372 g/mol. The van der Waals surface area contributed by atoms with Gasteiger partial charge in [0.25, 0.3) is 5.91 Å². The molecule has 1 aromatic rings. The molecule has 27 heavy (non-hydrogen) atoms. The van der Waals surface area contributed by atoms with Gasteiger partial charge >= 0.3 is 5.97 Å². The van der Waals surface area contributed by atoms with E-state index in [0.29, 0.717) is 6.42 Å². The third kappa shape index (κ3) is 4.85. The van der Waals surface area contributed by atoms with E-state index in [4.69, 9.17) is 4.74 Å². The number of nitrogens with zero attached hydrogens (tertiary/aromatic N) is 1. The summed E-state index contributed by atoms with van der Waals surface area (Å²) in [5, 5.41) is 2.56. The molecule has 146 valence electrons. The number of aryl methyl sites for hydroxylation is 1. The molecule has 2 aliphatic rings. The van der Waals surface area contributed by atoms with Crippen molar-refractivity contribution >= 4 is 33.3 Å². The predicted molar refractivity (Wildman–Crippen MR) is 97.8 cm³/mol. The summed E-state index contributed by atoms with van der Waals surface area (Å²) >= 11 is 0. The number of ether oxygens (including phenoxy) is 1. The average molecular weight is 394 g/mol. The number of hydrogen-bond donors (Lipinski definition) is 1. The molecule has 8 nitrogen and oxygen atoms in total. The lowest BCUT2D eigenvalue weighted by Crippen LogP contribution is -2.38. The van der Waals surface area contributed by atoms with Crippen LogP contribution < -0.4 is 10.2 Å². The molecule has 0 unspecified atom stereocenters. The number of benzene rings is 1. The summed E-state index contributed by atoms with van der Waals surface area (Å²) in [5.41, 5.74) is 1.79. The van der Waals surface area contributed by atoms with E-state index in [-0.39, 0.29) is 30.4 Å². The number of esters is 1. The molecule has 9 heteroatoms. The van der Waals surface area contributed by atoms with Gasteiger partial charge < -0.3 is 15.0 Å². The van der Waals surface area contributed by atoms with E-state index in [1.54, 1.807) is 0 Å². The van der Waals surface area contributed by atoms with Crippen molar-refractivity contribution in [3.8, 4) is 0 Å². The predicted octanol–water partition coefficient (Wildman–Crippen LogP) is 0.194. The van der Waals surface area contributed by atoms with Gasteiger partial charge in [-0.2, -0.15) is 0 Å². The molecule has 0 aliphatic carbocycles. The van der Waals surface area contributed by atoms with Crippen molar-refractivity contribution in [1.29, 1.82) is 0 Å². The van der Waals surface area contributed by atoms with Crippen molar-refractivity contribution in [3.63, 3.8) is 0 Å². The zero-order valence-electron chi connectivity index (χ0n) is 15.0. The summed E-state index contributed by atoms with van der Waals surface area (Å²) in [6.07, 6.45) is 0.403. The molecule has 0 aromatic heterocycles. The van der Waals surface area contributed by atoms with E-state index in [2.05, 4.69) is 5.32 Å². The minimum absolute atomic E-state index is 0.0369. The summed E-state index contributed by atoms with van der Waals surface area (Å²) in [7, 11) is -3.09. The Bertz CT molecular complexity index is 849. The Balaban J connectivity index is 1.48. The van der Waals surface area contributed by atoms with E-state index >= 15 is 0 Å². The molecule has 1 aromatic carbocycles. The fourth-order valence-electron chi connectivity index (χ4n) is 3.27. The van der Waals surface area contributed by atoms with Gasteiger partial charge in [-0.15, -0.1) is 0 Å². The first-order chi connectivity index (χ1) is 12.7. The second-order valence-corrected chi connectivity index (χ2v) is 9.24. The Labute approximate surface area is 157 Å². The lowest BCUT2D eigenvalue weighted by Gasteiger charge is -2.17. The second kappa shape index (κ2) is 7.67. The van der Waals surface area contributed by atoms with Gasteiger partial charge in [-0.3, -0.25) is 14.4 Å². The van der Waals surface area contributed by atoms with Crippen LogP contribution in [-0.4, -0.2) is 56.9 Å². The molecule has 2 heterocycles. The molecule has 1 N–H and O–H groups in total. The highest BCUT2D eigenvalue weighted by Crippen LogP contribution is 2.26. The van der Waals surface area contributed by atoms with Crippen LogP contribution in [0.4, 0.5) is 5.69 Å². The van der Waals surface area contributed by atoms with E-state index in [9.17, 15) is 22.8 Å². The summed E-state index contributed by atoms with van der Waals surface area (Å²) in [4.78, 5) is 37.8. The number of hydrogen-bond acceptors (Lipinski definition) is 6. The molecule has 2 aliphatic heterocycles. The quantitative estimate of drug-likeness (QED) is 0.714. The normalized spacial score (nSPS) is 24.0. The summed E-state index contributed by atoms with van der Waals surface area (Å²) in [6, 6.07) is 6.99. The first-order valence-electron chi connectivity index (χ1n) is 8.77. The van der Waals surface area contributed by atoms with Crippen LogP contribution in [0.15, 0.2) is 24.3 Å². The van der Waals surface area contributed by atoms with Crippen molar-refractivity contribution in [3.05, 3.63) is 29.8 Å². The van der Waals surface area contributed by atoms with Crippen LogP contribution >= 0.6 is 0 Å². The van der Waals surface area contributed by atoms with E-state index in [1.807, 2.05) is 31.2 Å². The number of rotatable bonds is 5. The SMILES string of the molecule is Cc1ccc(N2C[C@@H](C(=O)OCC(=O)N[C@H]3CCS(=O)(=O)C3)CC2=O)cc1. The van der Waals surface area contributed by atoms with Gasteiger partial charge in [0.1, 0.15) is 0 Å². The number of anilines is 1. The largest absolute Gasteiger partial charge is 0.455 e. The average Bonchev–Trinajstić information content (AvgIpc) is 3.15. The van der Waals surface area contributed by atoms with Gasteiger partial charge in [0.05, 0.1) is 17.4 Å². The van der Waals surface area contributed by atoms with E-state index < -0.39 is 40.3 Å². The smallest absolute Gasteiger partial charge is 0.311 e. The molecular formula is C18H22N2O6S. The van der Waals surface area contributed by atoms with Gasteiger partial charge in [-0.1, -0.05) is 17.7 Å². The molecule has 2 fully saturated rings. The zero-order chi connectivity index (χ0) is 19.6. The Hall–Kier alpha value is -2.42. The number of sulfone groups is 1. The van der Waals surface area contributed by atoms with Gasteiger partial charge in [0, 0.05) is 24.7 Å². The van der Waals surface area contributed by atoms with Gasteiger partial charge in [-0.25, -0.2) is 8.42 Å². The summed E-state index contributed by atoms with van der Waals surface area (Å²) in [5.74, 6) is -1.97. The van der Waals surface area contributed by atoms with Crippen LogP contribution in [0, 0.1) is 12.8 Å². The Morgan fingerprint density at radius 1 is 1.26 bits per heavy atom. The maximum Gasteiger partial charge on any atom is 0.311 e. The molecule has 2 amide bonds. The molecule has 2 saturated heterocycles. The van der Waals surface area contributed by atoms with Crippen LogP contribution in [-0.2, 0) is 29.0 Å². The minimum atomic E-state index is -3.09. The molecule has 0 radical (unpaired) electrons. The third-order valence-corrected chi connectivity index (χ3v) is 6.52. The number of nitrogens with one attached hydrogen (secondary N) is 1. The maximum atomic E-state index is 12.2. The highest BCUT2D eigenvalue weighted by molar-refractivity contribution is 7.91. The topological polar surface area (TPSA) is 110 Å². The van der Waals surface area contributed by atoms with Crippen LogP contribution in [0.5, 0.6) is 0 Å². The lowest BCUT2D eigenvalue weighted by molar-refractivity contribution is -0.152. The van der Waals surface area contributed by atoms with Gasteiger partial charge in [0.2, 0.25) is 5.91 Å². The highest BCUT2D eigenvalue weighted by atomic mass is 32.2. The van der Waals surface area contributed by atoms with Crippen LogP contribution in [0.25, 0.3) is 0 Å². The van der Waals surface area contributed by atoms with Crippen LogP contribution in [0.3, 0.4) is 0 Å². The van der Waals surface area contributed by atoms with Crippen molar-refractivity contribution in [2.24, 2.45) is 5.92 Å². The molecule has 3 rings (SSSR count). The van der Waals surface area contributed by atoms with Crippen molar-refractivity contribution in [2.75, 3.05) is 29.6 Å². The molecule has 0 bridgehead atoms. The molecule has 0 spiro atoms. The molecule has 0 saturated carbocycles. The zero-order valence-corrected chi connectivity index (χ0v) is 15.8. The first kappa shape index (κ1) is 19.3. The first-order valence-corrected chi connectivity index (χ1v) is 10.6. The number of carbonyl (C=O) groups excluding carboxylic acids is 3. The van der Waals surface area contributed by atoms with Crippen LogP contribution in [0.1, 0.15) is 18.4 Å². The Kier molecular flexibility index (Phi) is 5.50. The summed E-state index contributed by atoms with van der Waals surface area (Å²) in [6.45, 7) is 1.68. The number of carbonyl (C=O) groups is 3. The summed E-state index contributed by atoms with van der Waals surface area (Å²) < 4.78 is 27.8.